The third kappa shape index (κ3) is 11.0. The van der Waals surface area contributed by atoms with Crippen molar-refractivity contribution in [2.45, 2.75) is 148 Å². The molecule has 0 spiro atoms. The molecule has 2 aliphatic rings. The molecule has 1 saturated heterocycles. The Kier molecular flexibility index (Phi) is 14.2. The van der Waals surface area contributed by atoms with Crippen molar-refractivity contribution in [1.82, 2.24) is 0 Å². The molecule has 2 rings (SSSR count). The lowest BCUT2D eigenvalue weighted by atomic mass is 9.97. The van der Waals surface area contributed by atoms with E-state index >= 15 is 0 Å². The molecule has 0 bridgehead atoms. The number of cyclic esters (lactones) is 1. The summed E-state index contributed by atoms with van der Waals surface area (Å²) in [6.07, 6.45) is 22.6. The van der Waals surface area contributed by atoms with Gasteiger partial charge in [0.25, 0.3) is 0 Å². The number of carbonyl (C=O) groups excluding carboxylic acids is 1. The van der Waals surface area contributed by atoms with Crippen LogP contribution in [0.5, 0.6) is 0 Å². The molecule has 0 aromatic rings. The number of ether oxygens (including phenoxy) is 3. The van der Waals surface area contributed by atoms with E-state index in [-0.39, 0.29) is 18.4 Å². The Hall–Kier alpha value is -0.870. The van der Waals surface area contributed by atoms with E-state index in [4.69, 9.17) is 14.2 Å². The highest BCUT2D eigenvalue weighted by Gasteiger charge is 2.32. The molecule has 180 valence electrons. The van der Waals surface area contributed by atoms with E-state index in [0.717, 1.165) is 56.5 Å². The first kappa shape index (κ1) is 26.4. The molecule has 0 aliphatic carbocycles. The Bertz CT molecular complexity index is 507. The van der Waals surface area contributed by atoms with Gasteiger partial charge < -0.3 is 14.2 Å². The number of hydrogen-bond acceptors (Lipinski definition) is 4. The number of esters is 1. The van der Waals surface area contributed by atoms with E-state index in [2.05, 4.69) is 13.8 Å². The van der Waals surface area contributed by atoms with E-state index in [9.17, 15) is 4.79 Å². The highest BCUT2D eigenvalue weighted by atomic mass is 16.7. The first-order chi connectivity index (χ1) is 15.2. The molecule has 0 aromatic carbocycles. The second-order valence-electron chi connectivity index (χ2n) is 9.48. The first-order valence-electron chi connectivity index (χ1n) is 13.5. The lowest BCUT2D eigenvalue weighted by Crippen LogP contribution is -2.31. The second-order valence-corrected chi connectivity index (χ2v) is 9.48. The summed E-state index contributed by atoms with van der Waals surface area (Å²) >= 11 is 0. The minimum absolute atomic E-state index is 0.0818. The summed E-state index contributed by atoms with van der Waals surface area (Å²) in [4.78, 5) is 12.0. The van der Waals surface area contributed by atoms with Crippen LogP contribution in [-0.2, 0) is 19.0 Å². The van der Waals surface area contributed by atoms with E-state index in [1.165, 1.54) is 83.5 Å². The minimum Gasteiger partial charge on any atom is -0.427 e. The average molecular weight is 437 g/mol. The molecule has 2 atom stereocenters. The van der Waals surface area contributed by atoms with Gasteiger partial charge in [-0.15, -0.1) is 0 Å². The molecule has 31 heavy (non-hydrogen) atoms. The topological polar surface area (TPSA) is 44.8 Å². The Balaban J connectivity index is 1.74. The van der Waals surface area contributed by atoms with E-state index in [1.807, 2.05) is 0 Å². The highest BCUT2D eigenvalue weighted by Crippen LogP contribution is 2.32. The fourth-order valence-corrected chi connectivity index (χ4v) is 4.58. The summed E-state index contributed by atoms with van der Waals surface area (Å²) in [5.74, 6) is 0.778. The van der Waals surface area contributed by atoms with Crippen LogP contribution in [0.3, 0.4) is 0 Å². The van der Waals surface area contributed by atoms with Gasteiger partial charge in [0.15, 0.2) is 6.29 Å². The smallest absolute Gasteiger partial charge is 0.342 e. The van der Waals surface area contributed by atoms with Gasteiger partial charge in [-0.3, -0.25) is 0 Å². The lowest BCUT2D eigenvalue weighted by Gasteiger charge is -2.30. The summed E-state index contributed by atoms with van der Waals surface area (Å²) in [5, 5.41) is 0. The minimum atomic E-state index is -0.109. The van der Waals surface area contributed by atoms with Gasteiger partial charge in [0.05, 0.1) is 11.7 Å². The van der Waals surface area contributed by atoms with Crippen LogP contribution in [0.15, 0.2) is 11.3 Å². The molecule has 4 nitrogen and oxygen atoms in total. The molecule has 0 aromatic heterocycles. The molecule has 2 heterocycles. The molecule has 0 N–H and O–H groups in total. The Morgan fingerprint density at radius 1 is 0.871 bits per heavy atom. The van der Waals surface area contributed by atoms with Crippen molar-refractivity contribution in [3.8, 4) is 0 Å². The third-order valence-corrected chi connectivity index (χ3v) is 6.60. The standard InChI is InChI=1S/C27H48O4/c1-3-5-7-9-10-11-12-13-14-18-23(30-26-20-16-17-21-29-26)22-25-24(27(28)31-25)19-15-8-6-4-2/h23,26H,3-22H2,1-2H3. The predicted octanol–water partition coefficient (Wildman–Crippen LogP) is 7.99. The number of carbonyl (C=O) groups is 1. The molecule has 0 radical (unpaired) electrons. The van der Waals surface area contributed by atoms with Gasteiger partial charge in [0.2, 0.25) is 0 Å². The maximum atomic E-state index is 12.0. The van der Waals surface area contributed by atoms with Crippen LogP contribution in [0.2, 0.25) is 0 Å². The Morgan fingerprint density at radius 2 is 1.52 bits per heavy atom. The number of rotatable bonds is 19. The van der Waals surface area contributed by atoms with E-state index < -0.39 is 0 Å². The zero-order valence-corrected chi connectivity index (χ0v) is 20.4. The molecule has 2 aliphatic heterocycles. The first-order valence-corrected chi connectivity index (χ1v) is 13.5. The summed E-state index contributed by atoms with van der Waals surface area (Å²) in [7, 11) is 0. The van der Waals surface area contributed by atoms with Gasteiger partial charge in [-0.1, -0.05) is 90.9 Å². The third-order valence-electron chi connectivity index (χ3n) is 6.60. The van der Waals surface area contributed by atoms with Crippen molar-refractivity contribution >= 4 is 5.97 Å². The van der Waals surface area contributed by atoms with Crippen molar-refractivity contribution in [3.05, 3.63) is 11.3 Å². The summed E-state index contributed by atoms with van der Waals surface area (Å²) < 4.78 is 17.6. The SMILES string of the molecule is CCCCCCCCCCCC(CC1=C(CCCCCC)C(=O)O1)OC1CCCCO1. The average Bonchev–Trinajstić information content (AvgIpc) is 2.78. The van der Waals surface area contributed by atoms with E-state index in [0.29, 0.717) is 0 Å². The van der Waals surface area contributed by atoms with Crippen molar-refractivity contribution in [3.63, 3.8) is 0 Å². The summed E-state index contributed by atoms with van der Waals surface area (Å²) in [6, 6.07) is 0. The van der Waals surface area contributed by atoms with Gasteiger partial charge in [-0.2, -0.15) is 0 Å². The second kappa shape index (κ2) is 16.7. The Labute approximate surface area is 191 Å². The molecular formula is C27H48O4. The Morgan fingerprint density at radius 3 is 2.13 bits per heavy atom. The molecule has 4 heteroatoms. The van der Waals surface area contributed by atoms with Crippen LogP contribution in [0, 0.1) is 0 Å². The fraction of sp³-hybridized carbons (Fsp3) is 0.889. The van der Waals surface area contributed by atoms with Crippen molar-refractivity contribution in [1.29, 1.82) is 0 Å². The molecule has 1 fully saturated rings. The maximum absolute atomic E-state index is 12.0. The van der Waals surface area contributed by atoms with Crippen LogP contribution in [-0.4, -0.2) is 25.0 Å². The van der Waals surface area contributed by atoms with Gasteiger partial charge in [0.1, 0.15) is 5.76 Å². The van der Waals surface area contributed by atoms with Gasteiger partial charge in [0, 0.05) is 13.0 Å². The van der Waals surface area contributed by atoms with Crippen molar-refractivity contribution < 1.29 is 19.0 Å². The van der Waals surface area contributed by atoms with E-state index in [1.54, 1.807) is 0 Å². The predicted molar refractivity (Wildman–Crippen MR) is 127 cm³/mol. The molecular weight excluding hydrogens is 388 g/mol. The van der Waals surface area contributed by atoms with Crippen LogP contribution < -0.4 is 0 Å². The van der Waals surface area contributed by atoms with Crippen molar-refractivity contribution in [2.75, 3.05) is 6.61 Å². The maximum Gasteiger partial charge on any atom is 0.342 e. The van der Waals surface area contributed by atoms with Crippen molar-refractivity contribution in [2.24, 2.45) is 0 Å². The van der Waals surface area contributed by atoms with Gasteiger partial charge in [-0.25, -0.2) is 4.79 Å². The quantitative estimate of drug-likeness (QED) is 0.152. The number of hydrogen-bond donors (Lipinski definition) is 0. The summed E-state index contributed by atoms with van der Waals surface area (Å²) in [6.45, 7) is 5.28. The normalized spacial score (nSPS) is 19.9. The van der Waals surface area contributed by atoms with Crippen LogP contribution >= 0.6 is 0 Å². The van der Waals surface area contributed by atoms with Gasteiger partial charge in [-0.05, 0) is 38.5 Å². The molecule has 0 saturated carbocycles. The number of unbranched alkanes of at least 4 members (excludes halogenated alkanes) is 11. The summed E-state index contributed by atoms with van der Waals surface area (Å²) in [5.41, 5.74) is 0.918. The largest absolute Gasteiger partial charge is 0.427 e. The monoisotopic (exact) mass is 436 g/mol. The fourth-order valence-electron chi connectivity index (χ4n) is 4.58. The zero-order chi connectivity index (χ0) is 22.2. The molecule has 2 unspecified atom stereocenters. The highest BCUT2D eigenvalue weighted by molar-refractivity contribution is 5.95. The molecule has 0 amide bonds. The van der Waals surface area contributed by atoms with Crippen LogP contribution in [0.4, 0.5) is 0 Å². The zero-order valence-electron chi connectivity index (χ0n) is 20.4. The van der Waals surface area contributed by atoms with Gasteiger partial charge >= 0.3 is 5.97 Å². The van der Waals surface area contributed by atoms with Crippen LogP contribution in [0.25, 0.3) is 0 Å². The lowest BCUT2D eigenvalue weighted by molar-refractivity contribution is -0.191. The van der Waals surface area contributed by atoms with Crippen LogP contribution in [0.1, 0.15) is 136 Å².